The Labute approximate surface area is 99.6 Å². The van der Waals surface area contributed by atoms with Crippen LogP contribution in [-0.2, 0) is 0 Å². The molecule has 1 aliphatic carbocycles. The van der Waals surface area contributed by atoms with Crippen molar-refractivity contribution >= 4 is 27.5 Å². The molecule has 0 amide bonds. The zero-order chi connectivity index (χ0) is 11.4. The van der Waals surface area contributed by atoms with Crippen LogP contribution < -0.4 is 5.73 Å². The van der Waals surface area contributed by atoms with Gasteiger partial charge in [0.05, 0.1) is 0 Å². The first-order valence-electron chi connectivity index (χ1n) is 6.13. The van der Waals surface area contributed by atoms with Gasteiger partial charge in [0.1, 0.15) is 0 Å². The Morgan fingerprint density at radius 3 is 2.53 bits per heavy atom. The van der Waals surface area contributed by atoms with Gasteiger partial charge in [0.15, 0.2) is 0 Å². The summed E-state index contributed by atoms with van der Waals surface area (Å²) in [7, 11) is 0. The Hall–Kier alpha value is -1.96. The van der Waals surface area contributed by atoms with Gasteiger partial charge < -0.3 is 10.3 Å². The first-order valence-corrected chi connectivity index (χ1v) is 6.13. The lowest BCUT2D eigenvalue weighted by Gasteiger charge is -2.04. The number of anilines is 1. The molecule has 1 heterocycles. The van der Waals surface area contributed by atoms with E-state index >= 15 is 0 Å². The molecule has 17 heavy (non-hydrogen) atoms. The molecular weight excluding hydrogens is 208 g/mol. The molecule has 2 N–H and O–H groups in total. The van der Waals surface area contributed by atoms with Crippen molar-refractivity contribution in [1.82, 2.24) is 4.57 Å². The fourth-order valence-corrected chi connectivity index (χ4v) is 2.75. The van der Waals surface area contributed by atoms with E-state index in [2.05, 4.69) is 41.0 Å². The molecule has 2 nitrogen and oxygen atoms in total. The normalized spacial score (nSPS) is 15.8. The van der Waals surface area contributed by atoms with Crippen LogP contribution in [0.2, 0.25) is 0 Å². The second-order valence-electron chi connectivity index (χ2n) is 4.89. The molecule has 3 aromatic rings. The second-order valence-corrected chi connectivity index (χ2v) is 4.89. The third-order valence-electron chi connectivity index (χ3n) is 3.65. The van der Waals surface area contributed by atoms with Crippen molar-refractivity contribution in [2.75, 3.05) is 5.73 Å². The third kappa shape index (κ3) is 1.21. The maximum atomic E-state index is 5.91. The van der Waals surface area contributed by atoms with Crippen LogP contribution >= 0.6 is 0 Å². The minimum absolute atomic E-state index is 0.695. The first-order chi connectivity index (χ1) is 8.34. The highest BCUT2D eigenvalue weighted by Crippen LogP contribution is 2.42. The van der Waals surface area contributed by atoms with E-state index in [1.807, 2.05) is 6.07 Å². The number of fused-ring (bicyclic) bond motifs is 3. The van der Waals surface area contributed by atoms with Gasteiger partial charge in [-0.1, -0.05) is 18.2 Å². The lowest BCUT2D eigenvalue weighted by atomic mass is 10.1. The van der Waals surface area contributed by atoms with Crippen LogP contribution in [0.25, 0.3) is 21.8 Å². The quantitative estimate of drug-likeness (QED) is 0.625. The predicted octanol–water partition coefficient (Wildman–Crippen LogP) is 3.71. The van der Waals surface area contributed by atoms with Gasteiger partial charge in [-0.3, -0.25) is 0 Å². The van der Waals surface area contributed by atoms with Crippen molar-refractivity contribution < 1.29 is 0 Å². The van der Waals surface area contributed by atoms with E-state index in [1.165, 1.54) is 34.6 Å². The number of hydrogen-bond donors (Lipinski definition) is 1. The van der Waals surface area contributed by atoms with Crippen LogP contribution in [0.4, 0.5) is 5.69 Å². The van der Waals surface area contributed by atoms with Gasteiger partial charge >= 0.3 is 0 Å². The molecule has 1 aliphatic rings. The Balaban J connectivity index is 2.24. The highest BCUT2D eigenvalue weighted by Gasteiger charge is 2.26. The largest absolute Gasteiger partial charge is 0.399 e. The maximum absolute atomic E-state index is 5.91. The molecule has 0 saturated heterocycles. The number of para-hydroxylation sites is 1. The SMILES string of the molecule is Nc1ccc2c(c1)c1ccccc1n2C1CC1. The van der Waals surface area contributed by atoms with E-state index in [0.717, 1.165) is 5.69 Å². The van der Waals surface area contributed by atoms with Gasteiger partial charge in [0.25, 0.3) is 0 Å². The Morgan fingerprint density at radius 2 is 1.71 bits per heavy atom. The lowest BCUT2D eigenvalue weighted by Crippen LogP contribution is -1.92. The first kappa shape index (κ1) is 9.11. The number of rotatable bonds is 1. The lowest BCUT2D eigenvalue weighted by molar-refractivity contribution is 0.805. The predicted molar refractivity (Wildman–Crippen MR) is 72.1 cm³/mol. The van der Waals surface area contributed by atoms with Crippen molar-refractivity contribution in [2.24, 2.45) is 0 Å². The smallest absolute Gasteiger partial charge is 0.0495 e. The average Bonchev–Trinajstić information content (AvgIpc) is 3.12. The highest BCUT2D eigenvalue weighted by molar-refractivity contribution is 6.09. The van der Waals surface area contributed by atoms with Crippen molar-refractivity contribution in [3.8, 4) is 0 Å². The van der Waals surface area contributed by atoms with Gasteiger partial charge in [-0.15, -0.1) is 0 Å². The molecule has 4 rings (SSSR count). The molecule has 0 spiro atoms. The van der Waals surface area contributed by atoms with Gasteiger partial charge in [0, 0.05) is 33.5 Å². The number of benzene rings is 2. The Bertz CT molecular complexity index is 720. The summed E-state index contributed by atoms with van der Waals surface area (Å²) < 4.78 is 2.48. The average molecular weight is 222 g/mol. The zero-order valence-electron chi connectivity index (χ0n) is 9.56. The van der Waals surface area contributed by atoms with Crippen LogP contribution in [0.3, 0.4) is 0 Å². The van der Waals surface area contributed by atoms with E-state index in [1.54, 1.807) is 0 Å². The second kappa shape index (κ2) is 3.04. The molecule has 2 heteroatoms. The third-order valence-corrected chi connectivity index (χ3v) is 3.65. The number of nitrogens with zero attached hydrogens (tertiary/aromatic N) is 1. The van der Waals surface area contributed by atoms with Crippen LogP contribution in [0.1, 0.15) is 18.9 Å². The topological polar surface area (TPSA) is 30.9 Å². The monoisotopic (exact) mass is 222 g/mol. The van der Waals surface area contributed by atoms with E-state index < -0.39 is 0 Å². The van der Waals surface area contributed by atoms with E-state index in [4.69, 9.17) is 5.73 Å². The molecule has 2 aromatic carbocycles. The number of nitrogen functional groups attached to an aromatic ring is 1. The summed E-state index contributed by atoms with van der Waals surface area (Å²) in [5.74, 6) is 0. The van der Waals surface area contributed by atoms with Gasteiger partial charge in [0.2, 0.25) is 0 Å². The molecular formula is C15H14N2. The van der Waals surface area contributed by atoms with E-state index in [-0.39, 0.29) is 0 Å². The summed E-state index contributed by atoms with van der Waals surface area (Å²) in [5, 5.41) is 2.61. The molecule has 0 bridgehead atoms. The van der Waals surface area contributed by atoms with Crippen molar-refractivity contribution in [1.29, 1.82) is 0 Å². The number of aromatic nitrogens is 1. The van der Waals surface area contributed by atoms with Crippen LogP contribution in [0, 0.1) is 0 Å². The molecule has 84 valence electrons. The molecule has 0 unspecified atom stereocenters. The summed E-state index contributed by atoms with van der Waals surface area (Å²) >= 11 is 0. The zero-order valence-corrected chi connectivity index (χ0v) is 9.56. The highest BCUT2D eigenvalue weighted by atomic mass is 15.0. The fraction of sp³-hybridized carbons (Fsp3) is 0.200. The van der Waals surface area contributed by atoms with E-state index in [9.17, 15) is 0 Å². The summed E-state index contributed by atoms with van der Waals surface area (Å²) in [6.45, 7) is 0. The van der Waals surface area contributed by atoms with Crippen LogP contribution in [-0.4, -0.2) is 4.57 Å². The Kier molecular flexibility index (Phi) is 1.63. The summed E-state index contributed by atoms with van der Waals surface area (Å²) in [5.41, 5.74) is 9.42. The van der Waals surface area contributed by atoms with Gasteiger partial charge in [-0.2, -0.15) is 0 Å². The number of hydrogen-bond acceptors (Lipinski definition) is 1. The van der Waals surface area contributed by atoms with Crippen molar-refractivity contribution in [3.05, 3.63) is 42.5 Å². The van der Waals surface area contributed by atoms with Gasteiger partial charge in [-0.05, 0) is 37.1 Å². The molecule has 0 atom stereocenters. The standard InChI is InChI=1S/C15H14N2/c16-10-5-8-15-13(9-10)12-3-1-2-4-14(12)17(15)11-6-7-11/h1-5,8-9,11H,6-7,16H2. The Morgan fingerprint density at radius 1 is 0.941 bits per heavy atom. The van der Waals surface area contributed by atoms with E-state index in [0.29, 0.717) is 6.04 Å². The van der Waals surface area contributed by atoms with Gasteiger partial charge in [-0.25, -0.2) is 0 Å². The van der Waals surface area contributed by atoms with Crippen molar-refractivity contribution in [2.45, 2.75) is 18.9 Å². The maximum Gasteiger partial charge on any atom is 0.0495 e. The summed E-state index contributed by atoms with van der Waals surface area (Å²) in [6, 6.07) is 15.6. The molecule has 1 fully saturated rings. The minimum Gasteiger partial charge on any atom is -0.399 e. The summed E-state index contributed by atoms with van der Waals surface area (Å²) in [4.78, 5) is 0. The van der Waals surface area contributed by atoms with Crippen molar-refractivity contribution in [3.63, 3.8) is 0 Å². The molecule has 1 saturated carbocycles. The minimum atomic E-state index is 0.695. The molecule has 0 aliphatic heterocycles. The van der Waals surface area contributed by atoms with Crippen LogP contribution in [0.5, 0.6) is 0 Å². The summed E-state index contributed by atoms with van der Waals surface area (Å²) in [6.07, 6.45) is 2.61. The fourth-order valence-electron chi connectivity index (χ4n) is 2.75. The molecule has 1 aromatic heterocycles. The van der Waals surface area contributed by atoms with Crippen LogP contribution in [0.15, 0.2) is 42.5 Å². The number of nitrogens with two attached hydrogens (primary N) is 1. The molecule has 0 radical (unpaired) electrons.